The predicted molar refractivity (Wildman–Crippen MR) is 95.0 cm³/mol. The van der Waals surface area contributed by atoms with E-state index in [0.29, 0.717) is 18.3 Å². The van der Waals surface area contributed by atoms with Gasteiger partial charge in [-0.1, -0.05) is 0 Å². The van der Waals surface area contributed by atoms with E-state index in [1.807, 2.05) is 6.92 Å². The molecule has 2 aliphatic rings. The van der Waals surface area contributed by atoms with Crippen molar-refractivity contribution in [3.63, 3.8) is 0 Å². The van der Waals surface area contributed by atoms with Crippen molar-refractivity contribution < 1.29 is 4.79 Å². The Bertz CT molecular complexity index is 570. The average Bonchev–Trinajstić information content (AvgIpc) is 3.27. The topological polar surface area (TPSA) is 64.3 Å². The Balaban J connectivity index is 1.38. The van der Waals surface area contributed by atoms with E-state index in [1.54, 1.807) is 0 Å². The Labute approximate surface area is 145 Å². The molecule has 1 saturated carbocycles. The Morgan fingerprint density at radius 2 is 1.96 bits per heavy atom. The van der Waals surface area contributed by atoms with Gasteiger partial charge in [-0.3, -0.25) is 9.89 Å². The molecular formula is C18H31N5O. The van der Waals surface area contributed by atoms with Gasteiger partial charge in [0.15, 0.2) is 0 Å². The summed E-state index contributed by atoms with van der Waals surface area (Å²) in [4.78, 5) is 17.1. The number of nitrogens with zero attached hydrogens (tertiary/aromatic N) is 3. The van der Waals surface area contributed by atoms with Crippen LogP contribution in [-0.4, -0.2) is 72.2 Å². The van der Waals surface area contributed by atoms with Crippen molar-refractivity contribution in [3.8, 4) is 0 Å². The lowest BCUT2D eigenvalue weighted by Gasteiger charge is -2.34. The zero-order valence-electron chi connectivity index (χ0n) is 15.3. The van der Waals surface area contributed by atoms with Gasteiger partial charge >= 0.3 is 0 Å². The molecule has 1 aromatic rings. The highest BCUT2D eigenvalue weighted by molar-refractivity contribution is 5.76. The first-order valence-corrected chi connectivity index (χ1v) is 9.15. The number of piperazine rings is 1. The molecule has 1 aliphatic carbocycles. The number of hydrogen-bond acceptors (Lipinski definition) is 4. The molecule has 134 valence electrons. The van der Waals surface area contributed by atoms with E-state index in [1.165, 1.54) is 18.4 Å². The van der Waals surface area contributed by atoms with Crippen molar-refractivity contribution in [1.82, 2.24) is 25.3 Å². The second-order valence-corrected chi connectivity index (χ2v) is 7.78. The maximum absolute atomic E-state index is 12.2. The van der Waals surface area contributed by atoms with Crippen LogP contribution in [-0.2, 0) is 11.2 Å². The predicted octanol–water partition coefficient (Wildman–Crippen LogP) is 1.10. The van der Waals surface area contributed by atoms with Gasteiger partial charge in [-0.15, -0.1) is 0 Å². The number of hydrogen-bond donors (Lipinski definition) is 2. The minimum atomic E-state index is 0.153. The fourth-order valence-electron chi connectivity index (χ4n) is 3.43. The number of aromatic nitrogens is 2. The Hall–Kier alpha value is -1.40. The van der Waals surface area contributed by atoms with Crippen molar-refractivity contribution in [2.24, 2.45) is 5.41 Å². The minimum Gasteiger partial charge on any atom is -0.355 e. The number of aromatic amines is 1. The number of rotatable bonds is 7. The summed E-state index contributed by atoms with van der Waals surface area (Å²) in [5, 5.41) is 10.4. The maximum atomic E-state index is 12.2. The van der Waals surface area contributed by atoms with E-state index in [4.69, 9.17) is 0 Å². The number of H-pyrrole nitrogens is 1. The highest BCUT2D eigenvalue weighted by Gasteiger charge is 2.44. The molecule has 0 radical (unpaired) electrons. The molecule has 0 atom stereocenters. The van der Waals surface area contributed by atoms with Crippen LogP contribution in [0.25, 0.3) is 0 Å². The minimum absolute atomic E-state index is 0.153. The molecule has 1 aromatic heterocycles. The van der Waals surface area contributed by atoms with Crippen LogP contribution < -0.4 is 5.32 Å². The first kappa shape index (κ1) is 17.4. The monoisotopic (exact) mass is 333 g/mol. The highest BCUT2D eigenvalue weighted by Crippen LogP contribution is 2.45. The van der Waals surface area contributed by atoms with Gasteiger partial charge in [-0.2, -0.15) is 5.10 Å². The first-order chi connectivity index (χ1) is 11.5. The fraction of sp³-hybridized carbons (Fsp3) is 0.778. The van der Waals surface area contributed by atoms with Crippen LogP contribution in [0.5, 0.6) is 0 Å². The number of amides is 1. The normalized spacial score (nSPS) is 21.0. The lowest BCUT2D eigenvalue weighted by molar-refractivity contribution is -0.121. The Morgan fingerprint density at radius 1 is 1.25 bits per heavy atom. The first-order valence-electron chi connectivity index (χ1n) is 9.15. The SMILES string of the molecule is Cc1[nH]nc(CCC(=O)NCC2(CN3CCN(C)CC3)CC2)c1C. The number of carbonyl (C=O) groups is 1. The van der Waals surface area contributed by atoms with Gasteiger partial charge in [-0.05, 0) is 39.3 Å². The number of likely N-dealkylation sites (N-methyl/N-ethyl adjacent to an activating group) is 1. The number of aryl methyl sites for hydroxylation is 2. The molecule has 1 aliphatic heterocycles. The van der Waals surface area contributed by atoms with E-state index < -0.39 is 0 Å². The lowest BCUT2D eigenvalue weighted by atomic mass is 10.1. The van der Waals surface area contributed by atoms with Crippen molar-refractivity contribution in [2.45, 2.75) is 39.5 Å². The Kier molecular flexibility index (Phi) is 5.25. The standard InChI is InChI=1S/C18H31N5O/c1-14-15(2)20-21-16(14)4-5-17(24)19-12-18(6-7-18)13-23-10-8-22(3)9-11-23/h4-13H2,1-3H3,(H,19,24)(H,20,21). The molecule has 6 heteroatoms. The summed E-state index contributed by atoms with van der Waals surface area (Å²) in [7, 11) is 2.19. The summed E-state index contributed by atoms with van der Waals surface area (Å²) in [5.41, 5.74) is 3.62. The van der Waals surface area contributed by atoms with Crippen LogP contribution in [0.4, 0.5) is 0 Å². The van der Waals surface area contributed by atoms with Crippen molar-refractivity contribution in [2.75, 3.05) is 46.3 Å². The van der Waals surface area contributed by atoms with Crippen LogP contribution in [0, 0.1) is 19.3 Å². The van der Waals surface area contributed by atoms with Crippen LogP contribution >= 0.6 is 0 Å². The molecule has 2 N–H and O–H groups in total. The maximum Gasteiger partial charge on any atom is 0.220 e. The van der Waals surface area contributed by atoms with Crippen LogP contribution in [0.2, 0.25) is 0 Å². The van der Waals surface area contributed by atoms with Crippen LogP contribution in [0.1, 0.15) is 36.2 Å². The van der Waals surface area contributed by atoms with E-state index in [-0.39, 0.29) is 5.91 Å². The Morgan fingerprint density at radius 3 is 2.54 bits per heavy atom. The summed E-state index contributed by atoms with van der Waals surface area (Å²) >= 11 is 0. The third-order valence-electron chi connectivity index (χ3n) is 5.72. The van der Waals surface area contributed by atoms with Crippen LogP contribution in [0.3, 0.4) is 0 Å². The third kappa shape index (κ3) is 4.36. The zero-order chi connectivity index (χ0) is 17.2. The number of carbonyl (C=O) groups excluding carboxylic acids is 1. The van der Waals surface area contributed by atoms with Gasteiger partial charge in [0.05, 0.1) is 5.69 Å². The molecule has 3 rings (SSSR count). The highest BCUT2D eigenvalue weighted by atomic mass is 16.1. The van der Waals surface area contributed by atoms with Crippen LogP contribution in [0.15, 0.2) is 0 Å². The summed E-state index contributed by atoms with van der Waals surface area (Å²) in [6.45, 7) is 10.7. The third-order valence-corrected chi connectivity index (χ3v) is 5.72. The number of nitrogens with one attached hydrogen (secondary N) is 2. The summed E-state index contributed by atoms with van der Waals surface area (Å²) in [5.74, 6) is 0.153. The molecular weight excluding hydrogens is 302 g/mol. The molecule has 0 unspecified atom stereocenters. The molecule has 0 aromatic carbocycles. The summed E-state index contributed by atoms with van der Waals surface area (Å²) in [6, 6.07) is 0. The zero-order valence-corrected chi connectivity index (χ0v) is 15.3. The van der Waals surface area contributed by atoms with E-state index >= 15 is 0 Å². The van der Waals surface area contributed by atoms with Gasteiger partial charge in [0.2, 0.25) is 5.91 Å². The molecule has 2 fully saturated rings. The average molecular weight is 333 g/mol. The molecule has 24 heavy (non-hydrogen) atoms. The van der Waals surface area contributed by atoms with Crippen molar-refractivity contribution >= 4 is 5.91 Å². The molecule has 1 amide bonds. The largest absolute Gasteiger partial charge is 0.355 e. The quantitative estimate of drug-likeness (QED) is 0.784. The van der Waals surface area contributed by atoms with Gasteiger partial charge in [0.1, 0.15) is 0 Å². The van der Waals surface area contributed by atoms with E-state index in [2.05, 4.69) is 39.3 Å². The van der Waals surface area contributed by atoms with Gasteiger partial charge in [0.25, 0.3) is 0 Å². The van der Waals surface area contributed by atoms with Gasteiger partial charge in [-0.25, -0.2) is 0 Å². The van der Waals surface area contributed by atoms with E-state index in [9.17, 15) is 4.79 Å². The second kappa shape index (κ2) is 7.23. The molecule has 1 saturated heterocycles. The van der Waals surface area contributed by atoms with E-state index in [0.717, 1.165) is 50.7 Å². The fourth-order valence-corrected chi connectivity index (χ4v) is 3.43. The lowest BCUT2D eigenvalue weighted by Crippen LogP contribution is -2.47. The second-order valence-electron chi connectivity index (χ2n) is 7.78. The molecule has 0 bridgehead atoms. The van der Waals surface area contributed by atoms with Crippen molar-refractivity contribution in [3.05, 3.63) is 17.0 Å². The molecule has 2 heterocycles. The smallest absolute Gasteiger partial charge is 0.220 e. The summed E-state index contributed by atoms with van der Waals surface area (Å²) in [6.07, 6.45) is 3.73. The summed E-state index contributed by atoms with van der Waals surface area (Å²) < 4.78 is 0. The molecule has 0 spiro atoms. The molecule has 6 nitrogen and oxygen atoms in total. The van der Waals surface area contributed by atoms with Gasteiger partial charge in [0, 0.05) is 63.2 Å². The van der Waals surface area contributed by atoms with Gasteiger partial charge < -0.3 is 15.1 Å². The van der Waals surface area contributed by atoms with Crippen molar-refractivity contribution in [1.29, 1.82) is 0 Å².